The van der Waals surface area contributed by atoms with Crippen LogP contribution in [0.15, 0.2) is 57.9 Å². The summed E-state index contributed by atoms with van der Waals surface area (Å²) in [4.78, 5) is 16.8. The molecule has 2 heterocycles. The monoisotopic (exact) mass is 423 g/mol. The molecule has 0 bridgehead atoms. The SMILES string of the molecule is O=c1c2cnc3ccc(OC(F)(F)F)cc3c2[nH]n1-c1ccc(Br)cc1. The minimum Gasteiger partial charge on any atom is -0.406 e. The third-order valence-corrected chi connectivity index (χ3v) is 4.34. The number of benzene rings is 2. The first-order valence-electron chi connectivity index (χ1n) is 7.37. The van der Waals surface area contributed by atoms with Gasteiger partial charge in [0, 0.05) is 16.1 Å². The number of nitrogens with one attached hydrogen (secondary N) is 1. The number of hydrogen-bond acceptors (Lipinski definition) is 3. The molecule has 4 rings (SSSR count). The third kappa shape index (κ3) is 2.94. The highest BCUT2D eigenvalue weighted by atomic mass is 79.9. The average molecular weight is 424 g/mol. The Balaban J connectivity index is 1.94. The number of fused-ring (bicyclic) bond motifs is 3. The zero-order valence-electron chi connectivity index (χ0n) is 12.8. The first-order chi connectivity index (χ1) is 12.3. The van der Waals surface area contributed by atoms with Crippen molar-refractivity contribution in [1.82, 2.24) is 14.8 Å². The molecule has 0 atom stereocenters. The predicted molar refractivity (Wildman–Crippen MR) is 93.6 cm³/mol. The van der Waals surface area contributed by atoms with Gasteiger partial charge in [-0.25, -0.2) is 4.68 Å². The molecule has 1 N–H and O–H groups in total. The third-order valence-electron chi connectivity index (χ3n) is 3.81. The molecule has 0 aliphatic carbocycles. The lowest BCUT2D eigenvalue weighted by Gasteiger charge is -2.09. The van der Waals surface area contributed by atoms with Gasteiger partial charge in [0.15, 0.2) is 0 Å². The number of aromatic amines is 1. The molecule has 26 heavy (non-hydrogen) atoms. The highest BCUT2D eigenvalue weighted by Gasteiger charge is 2.31. The van der Waals surface area contributed by atoms with Gasteiger partial charge >= 0.3 is 6.36 Å². The van der Waals surface area contributed by atoms with Gasteiger partial charge in [-0.2, -0.15) is 0 Å². The van der Waals surface area contributed by atoms with Gasteiger partial charge in [-0.05, 0) is 42.5 Å². The Labute approximate surface area is 152 Å². The highest BCUT2D eigenvalue weighted by Crippen LogP contribution is 2.28. The van der Waals surface area contributed by atoms with Crippen molar-refractivity contribution in [2.24, 2.45) is 0 Å². The molecule has 0 aliphatic heterocycles. The van der Waals surface area contributed by atoms with Gasteiger partial charge in [-0.15, -0.1) is 13.2 Å². The van der Waals surface area contributed by atoms with E-state index in [4.69, 9.17) is 0 Å². The molecule has 4 aromatic rings. The van der Waals surface area contributed by atoms with E-state index in [1.165, 1.54) is 29.1 Å². The van der Waals surface area contributed by atoms with Crippen LogP contribution in [-0.4, -0.2) is 21.1 Å². The van der Waals surface area contributed by atoms with Crippen LogP contribution in [0.5, 0.6) is 5.75 Å². The number of alkyl halides is 3. The molecule has 0 amide bonds. The Morgan fingerprint density at radius 1 is 1.08 bits per heavy atom. The van der Waals surface area contributed by atoms with E-state index < -0.39 is 6.36 Å². The molecular formula is C17H9BrF3N3O2. The Kier molecular flexibility index (Phi) is 3.76. The van der Waals surface area contributed by atoms with Crippen molar-refractivity contribution in [2.45, 2.75) is 6.36 Å². The predicted octanol–water partition coefficient (Wildman–Crippen LogP) is 4.53. The van der Waals surface area contributed by atoms with Gasteiger partial charge in [-0.3, -0.25) is 14.9 Å². The number of pyridine rings is 1. The standard InChI is InChI=1S/C17H9BrF3N3O2/c18-9-1-3-10(4-2-9)24-16(25)13-8-22-14-6-5-11(26-17(19,20)21)7-12(14)15(13)23-24/h1-8,23H. The number of nitrogens with zero attached hydrogens (tertiary/aromatic N) is 2. The van der Waals surface area contributed by atoms with E-state index in [0.29, 0.717) is 22.1 Å². The van der Waals surface area contributed by atoms with Crippen molar-refractivity contribution in [3.05, 3.63) is 63.5 Å². The Bertz CT molecular complexity index is 1180. The van der Waals surface area contributed by atoms with Crippen molar-refractivity contribution in [3.63, 3.8) is 0 Å². The Hall–Kier alpha value is -2.81. The van der Waals surface area contributed by atoms with Crippen molar-refractivity contribution in [2.75, 3.05) is 0 Å². The normalized spacial score (nSPS) is 12.0. The zero-order chi connectivity index (χ0) is 18.5. The van der Waals surface area contributed by atoms with Crippen LogP contribution < -0.4 is 10.3 Å². The van der Waals surface area contributed by atoms with E-state index >= 15 is 0 Å². The van der Waals surface area contributed by atoms with Gasteiger partial charge in [0.1, 0.15) is 5.75 Å². The minimum atomic E-state index is -4.80. The van der Waals surface area contributed by atoms with E-state index in [9.17, 15) is 18.0 Å². The lowest BCUT2D eigenvalue weighted by molar-refractivity contribution is -0.274. The molecule has 2 aromatic heterocycles. The molecule has 0 fully saturated rings. The van der Waals surface area contributed by atoms with Crippen molar-refractivity contribution < 1.29 is 17.9 Å². The van der Waals surface area contributed by atoms with E-state index in [1.54, 1.807) is 24.3 Å². The summed E-state index contributed by atoms with van der Waals surface area (Å²) in [5.41, 5.74) is 1.07. The number of H-pyrrole nitrogens is 1. The molecule has 0 aliphatic rings. The lowest BCUT2D eigenvalue weighted by Crippen LogP contribution is -2.17. The van der Waals surface area contributed by atoms with E-state index in [0.717, 1.165) is 4.47 Å². The first kappa shape index (κ1) is 16.6. The number of hydrogen-bond donors (Lipinski definition) is 1. The fourth-order valence-corrected chi connectivity index (χ4v) is 2.97. The highest BCUT2D eigenvalue weighted by molar-refractivity contribution is 9.10. The summed E-state index contributed by atoms with van der Waals surface area (Å²) in [6, 6.07) is 10.8. The van der Waals surface area contributed by atoms with Gasteiger partial charge in [0.05, 0.1) is 22.1 Å². The molecule has 0 saturated carbocycles. The Morgan fingerprint density at radius 3 is 2.50 bits per heavy atom. The van der Waals surface area contributed by atoms with Gasteiger partial charge in [0.2, 0.25) is 0 Å². The fourth-order valence-electron chi connectivity index (χ4n) is 2.71. The summed E-state index contributed by atoms with van der Waals surface area (Å²) in [6.45, 7) is 0. The summed E-state index contributed by atoms with van der Waals surface area (Å²) in [7, 11) is 0. The summed E-state index contributed by atoms with van der Waals surface area (Å²) in [5, 5.41) is 3.57. The Morgan fingerprint density at radius 2 is 1.81 bits per heavy atom. The maximum Gasteiger partial charge on any atom is 0.573 e. The van der Waals surface area contributed by atoms with Gasteiger partial charge in [0.25, 0.3) is 5.56 Å². The molecule has 0 spiro atoms. The first-order valence-corrected chi connectivity index (χ1v) is 8.16. The van der Waals surface area contributed by atoms with E-state index in [1.807, 2.05) is 0 Å². The summed E-state index contributed by atoms with van der Waals surface area (Å²) >= 11 is 3.32. The van der Waals surface area contributed by atoms with Crippen LogP contribution >= 0.6 is 15.9 Å². The maximum atomic E-state index is 12.6. The van der Waals surface area contributed by atoms with Crippen molar-refractivity contribution >= 4 is 37.7 Å². The second kappa shape index (κ2) is 5.87. The summed E-state index contributed by atoms with van der Waals surface area (Å²) in [5.74, 6) is -0.378. The van der Waals surface area contributed by atoms with Crippen LogP contribution in [0.3, 0.4) is 0 Å². The van der Waals surface area contributed by atoms with Gasteiger partial charge in [-0.1, -0.05) is 15.9 Å². The minimum absolute atomic E-state index is 0.268. The number of halogens is 4. The van der Waals surface area contributed by atoms with Crippen molar-refractivity contribution in [1.29, 1.82) is 0 Å². The fraction of sp³-hybridized carbons (Fsp3) is 0.0588. The lowest BCUT2D eigenvalue weighted by atomic mass is 10.1. The average Bonchev–Trinajstić information content (AvgIpc) is 2.92. The van der Waals surface area contributed by atoms with Crippen LogP contribution in [0.25, 0.3) is 27.5 Å². The molecule has 9 heteroatoms. The second-order valence-corrected chi connectivity index (χ2v) is 6.42. The van der Waals surface area contributed by atoms with Crippen LogP contribution in [-0.2, 0) is 0 Å². The largest absolute Gasteiger partial charge is 0.573 e. The maximum absolute atomic E-state index is 12.6. The smallest absolute Gasteiger partial charge is 0.406 e. The van der Waals surface area contributed by atoms with Crippen LogP contribution in [0.4, 0.5) is 13.2 Å². The van der Waals surface area contributed by atoms with Crippen LogP contribution in [0.2, 0.25) is 0 Å². The van der Waals surface area contributed by atoms with Crippen LogP contribution in [0, 0.1) is 0 Å². The number of aromatic nitrogens is 3. The molecule has 5 nitrogen and oxygen atoms in total. The number of ether oxygens (including phenoxy) is 1. The van der Waals surface area contributed by atoms with E-state index in [-0.39, 0.29) is 16.7 Å². The quantitative estimate of drug-likeness (QED) is 0.515. The topological polar surface area (TPSA) is 59.9 Å². The van der Waals surface area contributed by atoms with Gasteiger partial charge < -0.3 is 4.74 Å². The van der Waals surface area contributed by atoms with Crippen molar-refractivity contribution in [3.8, 4) is 11.4 Å². The van der Waals surface area contributed by atoms with E-state index in [2.05, 4.69) is 30.7 Å². The molecule has 0 unspecified atom stereocenters. The number of rotatable bonds is 2. The summed E-state index contributed by atoms with van der Waals surface area (Å²) < 4.78 is 43.6. The van der Waals surface area contributed by atoms with Crippen LogP contribution in [0.1, 0.15) is 0 Å². The zero-order valence-corrected chi connectivity index (χ0v) is 14.4. The molecular weight excluding hydrogens is 415 g/mol. The summed E-state index contributed by atoms with van der Waals surface area (Å²) in [6.07, 6.45) is -3.40. The molecule has 0 radical (unpaired) electrons. The molecule has 0 saturated heterocycles. The molecule has 2 aromatic carbocycles. The molecule has 132 valence electrons. The second-order valence-electron chi connectivity index (χ2n) is 5.50.